The van der Waals surface area contributed by atoms with Crippen molar-refractivity contribution in [3.63, 3.8) is 0 Å². The lowest BCUT2D eigenvalue weighted by atomic mass is 10.3. The number of imide groups is 1. The average molecular weight is 245 g/mol. The molecule has 6 heteroatoms. The minimum Gasteiger partial charge on any atom is -0.465 e. The van der Waals surface area contributed by atoms with Gasteiger partial charge in [-0.05, 0) is 19.1 Å². The number of carbonyl (C=O) groups is 2. The van der Waals surface area contributed by atoms with Gasteiger partial charge in [0, 0.05) is 12.2 Å². The molecule has 2 N–H and O–H groups in total. The van der Waals surface area contributed by atoms with E-state index in [1.807, 2.05) is 6.07 Å². The fourth-order valence-corrected chi connectivity index (χ4v) is 1.08. The molecule has 0 aromatic heterocycles. The first-order chi connectivity index (χ1) is 7.15. The van der Waals surface area contributed by atoms with E-state index >= 15 is 0 Å². The molecular formula is C10H13ClN2O3. The Kier molecular flexibility index (Phi) is 5.95. The molecule has 0 radical (unpaired) electrons. The molecule has 0 unspecified atom stereocenters. The van der Waals surface area contributed by atoms with Crippen LogP contribution in [0.25, 0.3) is 0 Å². The lowest BCUT2D eigenvalue weighted by Crippen LogP contribution is -2.38. The highest BCUT2D eigenvalue weighted by Crippen LogP contribution is 2.06. The van der Waals surface area contributed by atoms with Gasteiger partial charge in [-0.15, -0.1) is 12.4 Å². The number of urea groups is 1. The molecule has 1 rings (SSSR count). The molecule has 0 fully saturated rings. The highest BCUT2D eigenvalue weighted by molar-refractivity contribution is 5.98. The second kappa shape index (κ2) is 6.68. The van der Waals surface area contributed by atoms with Crippen molar-refractivity contribution in [2.45, 2.75) is 6.92 Å². The number of rotatable bonds is 2. The first-order valence-corrected chi connectivity index (χ1v) is 4.51. The molecule has 16 heavy (non-hydrogen) atoms. The van der Waals surface area contributed by atoms with Crippen LogP contribution in [0, 0.1) is 0 Å². The Hall–Kier alpha value is -1.75. The van der Waals surface area contributed by atoms with E-state index in [-0.39, 0.29) is 19.0 Å². The predicted octanol–water partition coefficient (Wildman–Crippen LogP) is 2.64. The summed E-state index contributed by atoms with van der Waals surface area (Å²) in [6, 6.07) is 8.06. The van der Waals surface area contributed by atoms with Crippen molar-refractivity contribution < 1.29 is 14.7 Å². The SMILES string of the molecule is CCN(C(=O)O)C(=O)Nc1ccccc1.Cl. The monoisotopic (exact) mass is 244 g/mol. The standard InChI is InChI=1S/C10H12N2O3.ClH/c1-2-12(10(14)15)9(13)11-8-6-4-3-5-7-8;/h3-7H,2H2,1H3,(H,11,13)(H,14,15);1H. The summed E-state index contributed by atoms with van der Waals surface area (Å²) in [4.78, 5) is 22.7. The van der Waals surface area contributed by atoms with Crippen molar-refractivity contribution in [2.75, 3.05) is 11.9 Å². The summed E-state index contributed by atoms with van der Waals surface area (Å²) in [6.45, 7) is 1.71. The van der Waals surface area contributed by atoms with Crippen LogP contribution in [-0.2, 0) is 0 Å². The van der Waals surface area contributed by atoms with Gasteiger partial charge in [-0.2, -0.15) is 0 Å². The average Bonchev–Trinajstić information content (AvgIpc) is 2.19. The van der Waals surface area contributed by atoms with Crippen molar-refractivity contribution in [3.8, 4) is 0 Å². The Morgan fingerprint density at radius 3 is 2.31 bits per heavy atom. The maximum Gasteiger partial charge on any atom is 0.415 e. The van der Waals surface area contributed by atoms with E-state index in [1.165, 1.54) is 0 Å². The number of hydrogen-bond acceptors (Lipinski definition) is 2. The van der Waals surface area contributed by atoms with E-state index in [9.17, 15) is 9.59 Å². The van der Waals surface area contributed by atoms with Gasteiger partial charge >= 0.3 is 12.1 Å². The Morgan fingerprint density at radius 2 is 1.88 bits per heavy atom. The minimum absolute atomic E-state index is 0. The molecule has 0 heterocycles. The molecule has 5 nitrogen and oxygen atoms in total. The third-order valence-electron chi connectivity index (χ3n) is 1.82. The van der Waals surface area contributed by atoms with Crippen LogP contribution in [0.15, 0.2) is 30.3 Å². The molecule has 0 saturated heterocycles. The molecule has 0 aliphatic heterocycles. The van der Waals surface area contributed by atoms with E-state index in [0.29, 0.717) is 10.6 Å². The minimum atomic E-state index is -1.26. The van der Waals surface area contributed by atoms with Gasteiger partial charge in [0.25, 0.3) is 0 Å². The number of benzene rings is 1. The van der Waals surface area contributed by atoms with Gasteiger partial charge in [0.05, 0.1) is 0 Å². The summed E-state index contributed by atoms with van der Waals surface area (Å²) < 4.78 is 0. The van der Waals surface area contributed by atoms with Crippen LogP contribution < -0.4 is 5.32 Å². The highest BCUT2D eigenvalue weighted by Gasteiger charge is 2.17. The number of carbonyl (C=O) groups excluding carboxylic acids is 1. The van der Waals surface area contributed by atoms with Crippen LogP contribution in [-0.4, -0.2) is 28.7 Å². The first kappa shape index (κ1) is 14.2. The summed E-state index contributed by atoms with van der Waals surface area (Å²) in [5, 5.41) is 11.2. The van der Waals surface area contributed by atoms with Crippen molar-refractivity contribution in [3.05, 3.63) is 30.3 Å². The Labute approximate surface area is 99.5 Å². The second-order valence-electron chi connectivity index (χ2n) is 2.82. The molecule has 0 atom stereocenters. The van der Waals surface area contributed by atoms with E-state index in [0.717, 1.165) is 0 Å². The number of anilines is 1. The number of halogens is 1. The Balaban J connectivity index is 0.00000225. The van der Waals surface area contributed by atoms with E-state index in [1.54, 1.807) is 31.2 Å². The number of carboxylic acid groups (broad SMARTS) is 1. The molecule has 0 aliphatic rings. The molecule has 0 saturated carbocycles. The third-order valence-corrected chi connectivity index (χ3v) is 1.82. The smallest absolute Gasteiger partial charge is 0.415 e. The maximum atomic E-state index is 11.4. The predicted molar refractivity (Wildman–Crippen MR) is 63.1 cm³/mol. The normalized spacial score (nSPS) is 8.81. The number of hydrogen-bond donors (Lipinski definition) is 2. The van der Waals surface area contributed by atoms with E-state index < -0.39 is 12.1 Å². The van der Waals surface area contributed by atoms with Crippen molar-refractivity contribution in [1.82, 2.24) is 4.90 Å². The van der Waals surface area contributed by atoms with Crippen LogP contribution in [0.2, 0.25) is 0 Å². The molecule has 1 aromatic carbocycles. The van der Waals surface area contributed by atoms with Gasteiger partial charge in [0.1, 0.15) is 0 Å². The highest BCUT2D eigenvalue weighted by atomic mass is 35.5. The zero-order valence-electron chi connectivity index (χ0n) is 8.71. The van der Waals surface area contributed by atoms with Crippen molar-refractivity contribution in [1.29, 1.82) is 0 Å². The van der Waals surface area contributed by atoms with Gasteiger partial charge in [-0.25, -0.2) is 14.5 Å². The molecule has 0 aliphatic carbocycles. The zero-order valence-corrected chi connectivity index (χ0v) is 9.53. The summed E-state index contributed by atoms with van der Waals surface area (Å²) >= 11 is 0. The van der Waals surface area contributed by atoms with Crippen LogP contribution in [0.4, 0.5) is 15.3 Å². The second-order valence-corrected chi connectivity index (χ2v) is 2.82. The largest absolute Gasteiger partial charge is 0.465 e. The third kappa shape index (κ3) is 3.78. The molecule has 1 aromatic rings. The van der Waals surface area contributed by atoms with Gasteiger partial charge in [-0.3, -0.25) is 0 Å². The van der Waals surface area contributed by atoms with Crippen molar-refractivity contribution >= 4 is 30.2 Å². The van der Waals surface area contributed by atoms with E-state index in [2.05, 4.69) is 5.32 Å². The number of amides is 3. The molecule has 0 spiro atoms. The fraction of sp³-hybridized carbons (Fsp3) is 0.200. The number of nitrogens with one attached hydrogen (secondary N) is 1. The topological polar surface area (TPSA) is 69.6 Å². The van der Waals surface area contributed by atoms with E-state index in [4.69, 9.17) is 5.11 Å². The molecule has 0 bridgehead atoms. The quantitative estimate of drug-likeness (QED) is 0.840. The van der Waals surface area contributed by atoms with Gasteiger partial charge < -0.3 is 10.4 Å². The van der Waals surface area contributed by atoms with Gasteiger partial charge in [0.2, 0.25) is 0 Å². The summed E-state index contributed by atoms with van der Waals surface area (Å²) in [6.07, 6.45) is -1.26. The number of para-hydroxylation sites is 1. The molecular weight excluding hydrogens is 232 g/mol. The van der Waals surface area contributed by atoms with Crippen LogP contribution in [0.3, 0.4) is 0 Å². The summed E-state index contributed by atoms with van der Waals surface area (Å²) in [7, 11) is 0. The Bertz CT molecular complexity index is 356. The van der Waals surface area contributed by atoms with Gasteiger partial charge in [0.15, 0.2) is 0 Å². The van der Waals surface area contributed by atoms with Crippen LogP contribution in [0.5, 0.6) is 0 Å². The van der Waals surface area contributed by atoms with Crippen molar-refractivity contribution in [2.24, 2.45) is 0 Å². The molecule has 3 amide bonds. The maximum absolute atomic E-state index is 11.4. The van der Waals surface area contributed by atoms with Gasteiger partial charge in [-0.1, -0.05) is 18.2 Å². The fourth-order valence-electron chi connectivity index (χ4n) is 1.08. The van der Waals surface area contributed by atoms with Crippen LogP contribution >= 0.6 is 12.4 Å². The number of nitrogens with zero attached hydrogens (tertiary/aromatic N) is 1. The summed E-state index contributed by atoms with van der Waals surface area (Å²) in [5.41, 5.74) is 0.571. The first-order valence-electron chi connectivity index (χ1n) is 4.51. The Morgan fingerprint density at radius 1 is 1.31 bits per heavy atom. The lowest BCUT2D eigenvalue weighted by Gasteiger charge is -2.15. The zero-order chi connectivity index (χ0) is 11.3. The molecule has 88 valence electrons. The van der Waals surface area contributed by atoms with Crippen LogP contribution in [0.1, 0.15) is 6.92 Å². The lowest BCUT2D eigenvalue weighted by molar-refractivity contribution is 0.154. The summed E-state index contributed by atoms with van der Waals surface area (Å²) in [5.74, 6) is 0.